The summed E-state index contributed by atoms with van der Waals surface area (Å²) in [6.45, 7) is -0.218. The monoisotopic (exact) mass is 423 g/mol. The first kappa shape index (κ1) is 20.5. The Labute approximate surface area is 177 Å². The van der Waals surface area contributed by atoms with E-state index < -0.39 is 17.3 Å². The van der Waals surface area contributed by atoms with Crippen molar-refractivity contribution in [2.75, 3.05) is 5.32 Å². The first-order chi connectivity index (χ1) is 14.9. The third-order valence-corrected chi connectivity index (χ3v) is 5.23. The minimum Gasteiger partial charge on any atom is -0.344 e. The Kier molecular flexibility index (Phi) is 5.66. The Hall–Kier alpha value is -3.75. The molecule has 3 aromatic rings. The number of nitrogens with one attached hydrogen (secondary N) is 2. The van der Waals surface area contributed by atoms with Gasteiger partial charge in [0.2, 0.25) is 5.91 Å². The number of rotatable bonds is 7. The molecule has 1 aromatic carbocycles. The molecule has 2 aromatic heterocycles. The molecule has 2 heterocycles. The van der Waals surface area contributed by atoms with Crippen LogP contribution in [0.2, 0.25) is 0 Å². The molecule has 1 aliphatic carbocycles. The first-order valence-corrected chi connectivity index (χ1v) is 9.95. The lowest BCUT2D eigenvalue weighted by Gasteiger charge is -2.18. The number of pyridine rings is 1. The van der Waals surface area contributed by atoms with Gasteiger partial charge >= 0.3 is 0 Å². The summed E-state index contributed by atoms with van der Waals surface area (Å²) < 4.78 is 16.1. The summed E-state index contributed by atoms with van der Waals surface area (Å²) in [4.78, 5) is 42.3. The second-order valence-corrected chi connectivity index (χ2v) is 7.59. The molecule has 4 rings (SSSR count). The topological polar surface area (TPSA) is 98.0 Å². The quantitative estimate of drug-likeness (QED) is 0.609. The molecule has 1 aliphatic rings. The summed E-state index contributed by atoms with van der Waals surface area (Å²) >= 11 is 0. The summed E-state index contributed by atoms with van der Waals surface area (Å²) in [5.41, 5.74) is -0.332. The van der Waals surface area contributed by atoms with Crippen LogP contribution in [0.1, 0.15) is 35.1 Å². The molecule has 8 nitrogen and oxygen atoms in total. The minimum atomic E-state index is -0.629. The van der Waals surface area contributed by atoms with Crippen molar-refractivity contribution in [3.05, 3.63) is 82.5 Å². The fourth-order valence-electron chi connectivity index (χ4n) is 3.44. The van der Waals surface area contributed by atoms with E-state index in [1.165, 1.54) is 47.2 Å². The van der Waals surface area contributed by atoms with E-state index in [9.17, 15) is 18.8 Å². The van der Waals surface area contributed by atoms with E-state index in [1.54, 1.807) is 6.20 Å². The highest BCUT2D eigenvalue weighted by Crippen LogP contribution is 2.40. The van der Waals surface area contributed by atoms with Crippen molar-refractivity contribution < 1.29 is 14.0 Å². The van der Waals surface area contributed by atoms with Crippen LogP contribution in [0.5, 0.6) is 0 Å². The summed E-state index contributed by atoms with van der Waals surface area (Å²) in [7, 11) is 1.87. The van der Waals surface area contributed by atoms with E-state index in [1.807, 2.05) is 17.8 Å². The van der Waals surface area contributed by atoms with Crippen LogP contribution in [0.4, 0.5) is 10.1 Å². The van der Waals surface area contributed by atoms with E-state index >= 15 is 0 Å². The number of aryl methyl sites for hydroxylation is 1. The van der Waals surface area contributed by atoms with Crippen molar-refractivity contribution in [1.29, 1.82) is 0 Å². The number of aromatic nitrogens is 3. The summed E-state index contributed by atoms with van der Waals surface area (Å²) in [5, 5.41) is 5.53. The van der Waals surface area contributed by atoms with E-state index in [0.717, 1.165) is 18.7 Å². The normalized spacial score (nSPS) is 14.1. The Morgan fingerprint density at radius 3 is 2.58 bits per heavy atom. The molecule has 0 bridgehead atoms. The zero-order valence-electron chi connectivity index (χ0n) is 16.9. The minimum absolute atomic E-state index is 0.109. The predicted octanol–water partition coefficient (Wildman–Crippen LogP) is 2.24. The van der Waals surface area contributed by atoms with Crippen molar-refractivity contribution in [2.45, 2.75) is 25.4 Å². The van der Waals surface area contributed by atoms with Gasteiger partial charge in [0, 0.05) is 31.3 Å². The highest BCUT2D eigenvalue weighted by molar-refractivity contribution is 6.04. The van der Waals surface area contributed by atoms with Crippen LogP contribution >= 0.6 is 0 Å². The summed E-state index contributed by atoms with van der Waals surface area (Å²) in [6.07, 6.45) is 6.99. The molecule has 31 heavy (non-hydrogen) atoms. The number of hydrogen-bond donors (Lipinski definition) is 2. The van der Waals surface area contributed by atoms with Gasteiger partial charge in [-0.3, -0.25) is 14.4 Å². The lowest BCUT2D eigenvalue weighted by Crippen LogP contribution is -2.37. The van der Waals surface area contributed by atoms with E-state index in [0.29, 0.717) is 11.6 Å². The fraction of sp³-hybridized carbons (Fsp3) is 0.273. The standard InChI is InChI=1S/C22H22FN5O3/c1-27-12-10-24-20(27)19(14-4-5-14)26-18(29)13-28-11-2-3-17(22(28)31)21(30)25-16-8-6-15(23)7-9-16/h2-3,6-12,14,19H,4-5,13H2,1H3,(H,25,30)(H,26,29). The fourth-order valence-corrected chi connectivity index (χ4v) is 3.44. The molecule has 0 spiro atoms. The van der Waals surface area contributed by atoms with Gasteiger partial charge in [-0.05, 0) is 55.2 Å². The van der Waals surface area contributed by atoms with Crippen LogP contribution in [0.25, 0.3) is 0 Å². The van der Waals surface area contributed by atoms with Crippen LogP contribution in [0.15, 0.2) is 59.8 Å². The van der Waals surface area contributed by atoms with Crippen LogP contribution in [0.3, 0.4) is 0 Å². The van der Waals surface area contributed by atoms with Gasteiger partial charge in [0.1, 0.15) is 23.7 Å². The number of benzene rings is 1. The number of nitrogens with zero attached hydrogens (tertiary/aromatic N) is 3. The molecule has 2 N–H and O–H groups in total. The molecule has 1 unspecified atom stereocenters. The maximum atomic E-state index is 13.0. The molecule has 0 radical (unpaired) electrons. The lowest BCUT2D eigenvalue weighted by atomic mass is 10.1. The maximum absolute atomic E-state index is 13.0. The lowest BCUT2D eigenvalue weighted by molar-refractivity contribution is -0.122. The molecule has 1 atom stereocenters. The molecular weight excluding hydrogens is 401 g/mol. The van der Waals surface area contributed by atoms with Gasteiger partial charge < -0.3 is 19.8 Å². The summed E-state index contributed by atoms with van der Waals surface area (Å²) in [5.74, 6) is -0.292. The number of carbonyl (C=O) groups is 2. The maximum Gasteiger partial charge on any atom is 0.263 e. The second kappa shape index (κ2) is 8.55. The van der Waals surface area contributed by atoms with Crippen molar-refractivity contribution in [1.82, 2.24) is 19.4 Å². The highest BCUT2D eigenvalue weighted by atomic mass is 19.1. The smallest absolute Gasteiger partial charge is 0.263 e. The van der Waals surface area contributed by atoms with Crippen molar-refractivity contribution in [3.8, 4) is 0 Å². The van der Waals surface area contributed by atoms with Gasteiger partial charge in [0.05, 0.1) is 6.04 Å². The van der Waals surface area contributed by atoms with Crippen LogP contribution in [-0.4, -0.2) is 25.9 Å². The molecule has 1 fully saturated rings. The molecule has 2 amide bonds. The van der Waals surface area contributed by atoms with Gasteiger partial charge in [0.25, 0.3) is 11.5 Å². The van der Waals surface area contributed by atoms with Crippen LogP contribution in [-0.2, 0) is 18.4 Å². The second-order valence-electron chi connectivity index (χ2n) is 7.59. The largest absolute Gasteiger partial charge is 0.344 e. The van der Waals surface area contributed by atoms with E-state index in [4.69, 9.17) is 0 Å². The van der Waals surface area contributed by atoms with Gasteiger partial charge in [-0.25, -0.2) is 9.37 Å². The molecule has 1 saturated carbocycles. The number of carbonyl (C=O) groups excluding carboxylic acids is 2. The number of imidazole rings is 1. The number of halogens is 1. The average Bonchev–Trinajstić information content (AvgIpc) is 3.50. The average molecular weight is 423 g/mol. The van der Waals surface area contributed by atoms with E-state index in [2.05, 4.69) is 15.6 Å². The SMILES string of the molecule is Cn1ccnc1C(NC(=O)Cn1cccc(C(=O)Nc2ccc(F)cc2)c1=O)C1CC1. The Balaban J connectivity index is 1.47. The van der Waals surface area contributed by atoms with Gasteiger partial charge in [0.15, 0.2) is 0 Å². The van der Waals surface area contributed by atoms with Gasteiger partial charge in [-0.2, -0.15) is 0 Å². The molecule has 160 valence electrons. The van der Waals surface area contributed by atoms with Crippen LogP contribution < -0.4 is 16.2 Å². The molecule has 0 aliphatic heterocycles. The van der Waals surface area contributed by atoms with Crippen LogP contribution in [0, 0.1) is 11.7 Å². The molecule has 0 saturated heterocycles. The number of amides is 2. The number of hydrogen-bond acceptors (Lipinski definition) is 4. The zero-order chi connectivity index (χ0) is 22.0. The van der Waals surface area contributed by atoms with Crippen molar-refractivity contribution in [2.24, 2.45) is 13.0 Å². The zero-order valence-corrected chi connectivity index (χ0v) is 16.9. The van der Waals surface area contributed by atoms with Gasteiger partial charge in [-0.1, -0.05) is 0 Å². The Morgan fingerprint density at radius 2 is 1.94 bits per heavy atom. The highest BCUT2D eigenvalue weighted by Gasteiger charge is 2.35. The van der Waals surface area contributed by atoms with Gasteiger partial charge in [-0.15, -0.1) is 0 Å². The first-order valence-electron chi connectivity index (χ1n) is 9.95. The Bertz CT molecular complexity index is 1160. The summed E-state index contributed by atoms with van der Waals surface area (Å²) in [6, 6.07) is 7.92. The Morgan fingerprint density at radius 1 is 1.19 bits per heavy atom. The number of anilines is 1. The third-order valence-electron chi connectivity index (χ3n) is 5.23. The molecular formula is C22H22FN5O3. The van der Waals surface area contributed by atoms with Crippen molar-refractivity contribution >= 4 is 17.5 Å². The van der Waals surface area contributed by atoms with Crippen molar-refractivity contribution in [3.63, 3.8) is 0 Å². The third kappa shape index (κ3) is 4.71. The molecule has 9 heteroatoms. The van der Waals surface area contributed by atoms with E-state index in [-0.39, 0.29) is 24.1 Å². The predicted molar refractivity (Wildman–Crippen MR) is 112 cm³/mol.